The Morgan fingerprint density at radius 1 is 1.17 bits per heavy atom. The largest absolute Gasteiger partial charge is 0.456 e. The van der Waals surface area contributed by atoms with Gasteiger partial charge in [0.05, 0.1) is 0 Å². The summed E-state index contributed by atoms with van der Waals surface area (Å²) in [6.45, 7) is 3.53. The number of aryl methyl sites for hydroxylation is 2. The number of hydrogen-bond acceptors (Lipinski definition) is 7. The van der Waals surface area contributed by atoms with Crippen LogP contribution in [0.1, 0.15) is 23.4 Å². The summed E-state index contributed by atoms with van der Waals surface area (Å²) in [5, 5.41) is 5.06. The van der Waals surface area contributed by atoms with Crippen LogP contribution >= 0.6 is 11.8 Å². The molecular formula is C20H23N5O3S. The number of fused-ring (bicyclic) bond motifs is 1. The van der Waals surface area contributed by atoms with E-state index in [9.17, 15) is 9.59 Å². The predicted octanol–water partition coefficient (Wildman–Crippen LogP) is 2.60. The van der Waals surface area contributed by atoms with Crippen molar-refractivity contribution in [1.82, 2.24) is 19.6 Å². The molecule has 0 saturated carbocycles. The molecule has 29 heavy (non-hydrogen) atoms. The second-order valence-corrected chi connectivity index (χ2v) is 7.29. The molecule has 0 aliphatic rings. The minimum atomic E-state index is -0.429. The van der Waals surface area contributed by atoms with Gasteiger partial charge in [0.15, 0.2) is 6.61 Å². The minimum absolute atomic E-state index is 0.154. The molecule has 1 amide bonds. The third kappa shape index (κ3) is 4.73. The summed E-state index contributed by atoms with van der Waals surface area (Å²) in [5.74, 6) is -0.167. The highest BCUT2D eigenvalue weighted by molar-refractivity contribution is 7.98. The van der Waals surface area contributed by atoms with Gasteiger partial charge >= 0.3 is 5.97 Å². The third-order valence-corrected chi connectivity index (χ3v) is 5.20. The Kier molecular flexibility index (Phi) is 6.48. The number of ether oxygens (including phenoxy) is 1. The Labute approximate surface area is 173 Å². The number of hydrogen-bond donors (Lipinski definition) is 0. The zero-order chi connectivity index (χ0) is 21.0. The predicted molar refractivity (Wildman–Crippen MR) is 111 cm³/mol. The number of anilines is 1. The van der Waals surface area contributed by atoms with Crippen molar-refractivity contribution in [3.63, 3.8) is 0 Å². The van der Waals surface area contributed by atoms with Gasteiger partial charge in [-0.3, -0.25) is 9.59 Å². The highest BCUT2D eigenvalue weighted by atomic mass is 32.2. The molecule has 0 atom stereocenters. The minimum Gasteiger partial charge on any atom is -0.456 e. The van der Waals surface area contributed by atoms with Crippen LogP contribution in [0.25, 0.3) is 5.78 Å². The van der Waals surface area contributed by atoms with Crippen LogP contribution in [0.2, 0.25) is 0 Å². The van der Waals surface area contributed by atoms with E-state index in [-0.39, 0.29) is 18.9 Å². The van der Waals surface area contributed by atoms with Crippen molar-refractivity contribution >= 4 is 35.1 Å². The molecule has 8 nitrogen and oxygen atoms in total. The molecule has 1 aromatic carbocycles. The summed E-state index contributed by atoms with van der Waals surface area (Å²) >= 11 is 1.45. The van der Waals surface area contributed by atoms with E-state index in [0.29, 0.717) is 17.4 Å². The van der Waals surface area contributed by atoms with Crippen molar-refractivity contribution in [2.75, 3.05) is 24.8 Å². The summed E-state index contributed by atoms with van der Waals surface area (Å²) in [7, 11) is 1.65. The Bertz CT molecular complexity index is 1040. The fourth-order valence-corrected chi connectivity index (χ4v) is 3.31. The highest BCUT2D eigenvalue weighted by Gasteiger charge is 2.17. The van der Waals surface area contributed by atoms with Crippen molar-refractivity contribution in [3.05, 3.63) is 47.3 Å². The number of benzene rings is 1. The maximum atomic E-state index is 12.2. The van der Waals surface area contributed by atoms with Crippen LogP contribution in [-0.4, -0.2) is 51.4 Å². The van der Waals surface area contributed by atoms with Crippen molar-refractivity contribution in [3.8, 4) is 0 Å². The number of amides is 1. The van der Waals surface area contributed by atoms with E-state index in [2.05, 4.69) is 15.1 Å². The van der Waals surface area contributed by atoms with Gasteiger partial charge in [0.25, 0.3) is 11.7 Å². The Morgan fingerprint density at radius 2 is 1.90 bits per heavy atom. The van der Waals surface area contributed by atoms with Gasteiger partial charge in [-0.05, 0) is 44.2 Å². The van der Waals surface area contributed by atoms with Gasteiger partial charge in [0.2, 0.25) is 5.16 Å². The summed E-state index contributed by atoms with van der Waals surface area (Å²) in [5.41, 5.74) is 3.38. The molecule has 0 unspecified atom stereocenters. The monoisotopic (exact) mass is 413 g/mol. The lowest BCUT2D eigenvalue weighted by Gasteiger charge is -2.17. The SMILES string of the molecule is CSc1nc2nc(C)c(CCC(=O)OCC(=O)N(C)c3ccccc3)c(C)n2n1. The average Bonchev–Trinajstić information content (AvgIpc) is 3.15. The summed E-state index contributed by atoms with van der Waals surface area (Å²) in [6, 6.07) is 9.21. The molecule has 3 rings (SSSR count). The Balaban J connectivity index is 1.58. The van der Waals surface area contributed by atoms with Crippen LogP contribution in [-0.2, 0) is 20.7 Å². The molecule has 0 N–H and O–H groups in total. The highest BCUT2D eigenvalue weighted by Crippen LogP contribution is 2.18. The second-order valence-electron chi connectivity index (χ2n) is 6.52. The second kappa shape index (κ2) is 9.04. The van der Waals surface area contributed by atoms with Gasteiger partial charge in [-0.25, -0.2) is 9.50 Å². The van der Waals surface area contributed by atoms with Crippen LogP contribution in [0.3, 0.4) is 0 Å². The van der Waals surface area contributed by atoms with Gasteiger partial charge in [-0.2, -0.15) is 4.98 Å². The maximum Gasteiger partial charge on any atom is 0.306 e. The quantitative estimate of drug-likeness (QED) is 0.434. The molecule has 0 aliphatic heterocycles. The topological polar surface area (TPSA) is 89.7 Å². The van der Waals surface area contributed by atoms with Crippen LogP contribution in [0.5, 0.6) is 0 Å². The first kappa shape index (κ1) is 20.8. The number of para-hydroxylation sites is 1. The van der Waals surface area contributed by atoms with E-state index in [1.165, 1.54) is 16.7 Å². The van der Waals surface area contributed by atoms with Crippen LogP contribution in [0.15, 0.2) is 35.5 Å². The molecule has 9 heteroatoms. The van der Waals surface area contributed by atoms with E-state index in [1.54, 1.807) is 11.6 Å². The number of carbonyl (C=O) groups is 2. The standard InChI is InChI=1S/C20H23N5O3S/c1-13-16(14(2)25-19(21-13)22-20(23-25)29-4)10-11-18(27)28-12-17(26)24(3)15-8-6-5-7-9-15/h5-9H,10-12H2,1-4H3. The zero-order valence-corrected chi connectivity index (χ0v) is 17.7. The van der Waals surface area contributed by atoms with E-state index in [0.717, 1.165) is 22.6 Å². The number of nitrogens with zero attached hydrogens (tertiary/aromatic N) is 5. The van der Waals surface area contributed by atoms with Gasteiger partial charge in [0.1, 0.15) is 0 Å². The van der Waals surface area contributed by atoms with E-state index in [1.807, 2.05) is 50.4 Å². The third-order valence-electron chi connectivity index (χ3n) is 4.67. The number of rotatable bonds is 7. The first-order valence-corrected chi connectivity index (χ1v) is 10.4. The molecular weight excluding hydrogens is 390 g/mol. The first-order valence-electron chi connectivity index (χ1n) is 9.14. The number of aromatic nitrogens is 4. The molecule has 0 radical (unpaired) electrons. The summed E-state index contributed by atoms with van der Waals surface area (Å²) in [6.07, 6.45) is 2.52. The van der Waals surface area contributed by atoms with Crippen LogP contribution < -0.4 is 4.90 Å². The van der Waals surface area contributed by atoms with Crippen LogP contribution in [0.4, 0.5) is 5.69 Å². The van der Waals surface area contributed by atoms with Crippen molar-refractivity contribution in [2.45, 2.75) is 31.8 Å². The van der Waals surface area contributed by atoms with E-state index in [4.69, 9.17) is 4.74 Å². The number of thioether (sulfide) groups is 1. The first-order chi connectivity index (χ1) is 13.9. The molecule has 3 aromatic rings. The molecule has 0 saturated heterocycles. The van der Waals surface area contributed by atoms with Gasteiger partial charge in [-0.1, -0.05) is 30.0 Å². The molecule has 0 aliphatic carbocycles. The van der Waals surface area contributed by atoms with E-state index >= 15 is 0 Å². The Morgan fingerprint density at radius 3 is 2.59 bits per heavy atom. The fraction of sp³-hybridized carbons (Fsp3) is 0.350. The number of esters is 1. The number of carbonyl (C=O) groups excluding carboxylic acids is 2. The van der Waals surface area contributed by atoms with Gasteiger partial charge in [0, 0.05) is 30.5 Å². The maximum absolute atomic E-state index is 12.2. The fourth-order valence-electron chi connectivity index (χ4n) is 2.97. The van der Waals surface area contributed by atoms with Crippen LogP contribution in [0, 0.1) is 13.8 Å². The molecule has 152 valence electrons. The van der Waals surface area contributed by atoms with Crippen molar-refractivity contribution in [1.29, 1.82) is 0 Å². The van der Waals surface area contributed by atoms with Gasteiger partial charge in [-0.15, -0.1) is 5.10 Å². The lowest BCUT2D eigenvalue weighted by Crippen LogP contribution is -2.31. The molecule has 0 fully saturated rings. The average molecular weight is 414 g/mol. The molecule has 2 aromatic heterocycles. The van der Waals surface area contributed by atoms with E-state index < -0.39 is 5.97 Å². The van der Waals surface area contributed by atoms with Gasteiger partial charge < -0.3 is 9.64 Å². The van der Waals surface area contributed by atoms with Crippen molar-refractivity contribution in [2.24, 2.45) is 0 Å². The molecule has 0 bridgehead atoms. The normalized spacial score (nSPS) is 10.9. The lowest BCUT2D eigenvalue weighted by molar-refractivity contribution is -0.147. The lowest BCUT2D eigenvalue weighted by atomic mass is 10.1. The summed E-state index contributed by atoms with van der Waals surface area (Å²) < 4.78 is 6.86. The molecule has 2 heterocycles. The molecule has 0 spiro atoms. The zero-order valence-electron chi connectivity index (χ0n) is 16.9. The van der Waals surface area contributed by atoms with Crippen molar-refractivity contribution < 1.29 is 14.3 Å². The smallest absolute Gasteiger partial charge is 0.306 e. The number of likely N-dealkylation sites (N-methyl/N-ethyl adjacent to an activating group) is 1. The summed E-state index contributed by atoms with van der Waals surface area (Å²) in [4.78, 5) is 34.7. The Hall–Kier alpha value is -2.94.